The van der Waals surface area contributed by atoms with Gasteiger partial charge in [0.2, 0.25) is 0 Å². The number of hydrogen-bond acceptors (Lipinski definition) is 2. The summed E-state index contributed by atoms with van der Waals surface area (Å²) in [6.07, 6.45) is 6.04. The van der Waals surface area contributed by atoms with E-state index in [9.17, 15) is 0 Å². The molecule has 0 saturated carbocycles. The van der Waals surface area contributed by atoms with Gasteiger partial charge in [0.05, 0.1) is 3.92 Å². The maximum Gasteiger partial charge on any atom is 0.163 e. The first kappa shape index (κ1) is 14.4. The third-order valence-corrected chi connectivity index (χ3v) is 3.97. The van der Waals surface area contributed by atoms with E-state index in [0.29, 0.717) is 0 Å². The fraction of sp³-hybridized carbons (Fsp3) is 1.00. The van der Waals surface area contributed by atoms with Crippen molar-refractivity contribution in [3.8, 4) is 0 Å². The third kappa shape index (κ3) is 9.68. The van der Waals surface area contributed by atoms with Crippen LogP contribution in [0.25, 0.3) is 0 Å². The minimum atomic E-state index is -1.14. The Labute approximate surface area is 108 Å². The first-order chi connectivity index (χ1) is 6.18. The van der Waals surface area contributed by atoms with Crippen molar-refractivity contribution in [1.82, 2.24) is 0 Å². The van der Waals surface area contributed by atoms with Crippen LogP contribution in [-0.2, 0) is 0 Å². The second-order valence-electron chi connectivity index (χ2n) is 3.18. The molecule has 0 fully saturated rings. The van der Waals surface area contributed by atoms with Crippen LogP contribution in [0, 0.1) is 0 Å². The second-order valence-corrected chi connectivity index (χ2v) is 5.85. The molecule has 0 saturated heterocycles. The Kier molecular flexibility index (Phi) is 11.0. The molecule has 1 unspecified atom stereocenters. The van der Waals surface area contributed by atoms with Gasteiger partial charge in [0.1, 0.15) is 0 Å². The molecule has 0 spiro atoms. The van der Waals surface area contributed by atoms with Crippen molar-refractivity contribution in [2.24, 2.45) is 0 Å². The molecule has 80 valence electrons. The Balaban J connectivity index is 3.07. The van der Waals surface area contributed by atoms with E-state index >= 15 is 0 Å². The molecular weight excluding hydrogens is 394 g/mol. The maximum atomic E-state index is 8.81. The molecule has 0 bridgehead atoms. The number of alkyl halides is 2. The monoisotopic (exact) mass is 412 g/mol. The lowest BCUT2D eigenvalue weighted by Crippen LogP contribution is -2.18. The van der Waals surface area contributed by atoms with Gasteiger partial charge in [-0.25, -0.2) is 0 Å². The molecule has 0 aromatic rings. The van der Waals surface area contributed by atoms with E-state index in [4.69, 9.17) is 10.2 Å². The number of aliphatic hydroxyl groups is 2. The van der Waals surface area contributed by atoms with E-state index in [1.807, 2.05) is 0 Å². The second kappa shape index (κ2) is 9.92. The smallest absolute Gasteiger partial charge is 0.163 e. The topological polar surface area (TPSA) is 40.5 Å². The number of unbranched alkanes of at least 4 members (excludes halogenated alkanes) is 4. The minimum absolute atomic E-state index is 0.00201. The van der Waals surface area contributed by atoms with E-state index in [2.05, 4.69) is 45.2 Å². The highest BCUT2D eigenvalue weighted by molar-refractivity contribution is 14.1. The fourth-order valence-electron chi connectivity index (χ4n) is 1.11. The van der Waals surface area contributed by atoms with Gasteiger partial charge in [0, 0.05) is 0 Å². The summed E-state index contributed by atoms with van der Waals surface area (Å²) in [7, 11) is 0. The minimum Gasteiger partial charge on any atom is -0.367 e. The summed E-state index contributed by atoms with van der Waals surface area (Å²) in [5.41, 5.74) is 0. The molecule has 13 heavy (non-hydrogen) atoms. The quantitative estimate of drug-likeness (QED) is 0.279. The lowest BCUT2D eigenvalue weighted by Gasteiger charge is -2.10. The standard InChI is InChI=1S/C9H18I2O2/c10-7-5-3-1-2-4-6-8(11)9(12)13/h8-9,12-13H,1-7H2. The van der Waals surface area contributed by atoms with E-state index in [1.165, 1.54) is 30.1 Å². The molecule has 2 N–H and O–H groups in total. The summed E-state index contributed by atoms with van der Waals surface area (Å²) >= 11 is 4.50. The summed E-state index contributed by atoms with van der Waals surface area (Å²) in [6, 6.07) is 0. The Morgan fingerprint density at radius 1 is 0.923 bits per heavy atom. The van der Waals surface area contributed by atoms with Gasteiger partial charge in [0.15, 0.2) is 6.29 Å². The average molecular weight is 412 g/mol. The highest BCUT2D eigenvalue weighted by Crippen LogP contribution is 2.15. The summed E-state index contributed by atoms with van der Waals surface area (Å²) < 4.78 is 1.25. The summed E-state index contributed by atoms with van der Waals surface area (Å²) in [5, 5.41) is 17.6. The average Bonchev–Trinajstić information content (AvgIpc) is 2.10. The molecule has 4 heteroatoms. The van der Waals surface area contributed by atoms with Crippen LogP contribution < -0.4 is 0 Å². The number of hydrogen-bond donors (Lipinski definition) is 2. The Morgan fingerprint density at radius 2 is 1.46 bits per heavy atom. The van der Waals surface area contributed by atoms with Crippen LogP contribution in [0.2, 0.25) is 0 Å². The van der Waals surface area contributed by atoms with Crippen molar-refractivity contribution in [2.45, 2.75) is 48.7 Å². The molecule has 0 heterocycles. The number of halogens is 2. The Bertz CT molecular complexity index is 110. The van der Waals surface area contributed by atoms with E-state index in [0.717, 1.165) is 12.8 Å². The molecule has 0 aromatic carbocycles. The van der Waals surface area contributed by atoms with Gasteiger partial charge < -0.3 is 10.2 Å². The lowest BCUT2D eigenvalue weighted by atomic mass is 10.1. The molecule has 0 aliphatic carbocycles. The van der Waals surface area contributed by atoms with Crippen molar-refractivity contribution >= 4 is 45.2 Å². The largest absolute Gasteiger partial charge is 0.367 e. The third-order valence-electron chi connectivity index (χ3n) is 1.94. The van der Waals surface area contributed by atoms with Crippen LogP contribution in [0.1, 0.15) is 38.5 Å². The van der Waals surface area contributed by atoms with Crippen molar-refractivity contribution < 1.29 is 10.2 Å². The van der Waals surface area contributed by atoms with Gasteiger partial charge in [-0.05, 0) is 17.3 Å². The molecular formula is C9H18I2O2. The van der Waals surface area contributed by atoms with Crippen LogP contribution in [0.3, 0.4) is 0 Å². The van der Waals surface area contributed by atoms with Crippen molar-refractivity contribution in [3.63, 3.8) is 0 Å². The van der Waals surface area contributed by atoms with E-state index in [-0.39, 0.29) is 3.92 Å². The SMILES string of the molecule is OC(O)C(I)CCCCCCCI. The van der Waals surface area contributed by atoms with Gasteiger partial charge in [-0.15, -0.1) is 0 Å². The summed E-state index contributed by atoms with van der Waals surface area (Å²) in [5.74, 6) is 0. The first-order valence-electron chi connectivity index (χ1n) is 4.74. The van der Waals surface area contributed by atoms with Gasteiger partial charge >= 0.3 is 0 Å². The van der Waals surface area contributed by atoms with Crippen LogP contribution >= 0.6 is 45.2 Å². The van der Waals surface area contributed by atoms with Crippen LogP contribution in [0.15, 0.2) is 0 Å². The molecule has 0 aliphatic rings. The zero-order chi connectivity index (χ0) is 10.1. The predicted octanol–water partition coefficient (Wildman–Crippen LogP) is 2.88. The normalized spacial score (nSPS) is 13.6. The maximum absolute atomic E-state index is 8.81. The van der Waals surface area contributed by atoms with Gasteiger partial charge in [-0.3, -0.25) is 0 Å². The number of aliphatic hydroxyl groups excluding tert-OH is 1. The molecule has 2 nitrogen and oxygen atoms in total. The molecule has 1 atom stereocenters. The predicted molar refractivity (Wildman–Crippen MR) is 72.6 cm³/mol. The van der Waals surface area contributed by atoms with Crippen LogP contribution in [0.5, 0.6) is 0 Å². The van der Waals surface area contributed by atoms with E-state index in [1.54, 1.807) is 0 Å². The molecule has 0 rings (SSSR count). The lowest BCUT2D eigenvalue weighted by molar-refractivity contribution is -0.0379. The van der Waals surface area contributed by atoms with Gasteiger partial charge in [0.25, 0.3) is 0 Å². The molecule has 0 amide bonds. The van der Waals surface area contributed by atoms with Crippen molar-refractivity contribution in [3.05, 3.63) is 0 Å². The molecule has 0 radical (unpaired) electrons. The fourth-order valence-corrected chi connectivity index (χ4v) is 2.09. The molecule has 0 aliphatic heterocycles. The Hall–Kier alpha value is 1.38. The summed E-state index contributed by atoms with van der Waals surface area (Å²) in [4.78, 5) is 0. The highest BCUT2D eigenvalue weighted by atomic mass is 127. The van der Waals surface area contributed by atoms with Crippen molar-refractivity contribution in [2.75, 3.05) is 4.43 Å². The van der Waals surface area contributed by atoms with Gasteiger partial charge in [-0.1, -0.05) is 70.9 Å². The Morgan fingerprint density at radius 3 is 2.00 bits per heavy atom. The van der Waals surface area contributed by atoms with Gasteiger partial charge in [-0.2, -0.15) is 0 Å². The zero-order valence-corrected chi connectivity index (χ0v) is 12.1. The zero-order valence-electron chi connectivity index (χ0n) is 7.75. The van der Waals surface area contributed by atoms with Crippen molar-refractivity contribution in [1.29, 1.82) is 0 Å². The number of rotatable bonds is 8. The molecule has 0 aromatic heterocycles. The highest BCUT2D eigenvalue weighted by Gasteiger charge is 2.10. The van der Waals surface area contributed by atoms with Crippen LogP contribution in [0.4, 0.5) is 0 Å². The van der Waals surface area contributed by atoms with E-state index < -0.39 is 6.29 Å². The van der Waals surface area contributed by atoms with Crippen LogP contribution in [-0.4, -0.2) is 24.9 Å². The first-order valence-corrected chi connectivity index (χ1v) is 7.51. The summed E-state index contributed by atoms with van der Waals surface area (Å²) in [6.45, 7) is 0.